The Morgan fingerprint density at radius 2 is 0.556 bits per heavy atom. The molecule has 0 saturated carbocycles. The second-order valence-corrected chi connectivity index (χ2v) is 11.1. The predicted octanol–water partition coefficient (Wildman–Crippen LogP) is 5.58. The summed E-state index contributed by atoms with van der Waals surface area (Å²) in [5.74, 6) is 0. The zero-order valence-corrected chi connectivity index (χ0v) is 21.1. The summed E-state index contributed by atoms with van der Waals surface area (Å²) in [5, 5.41) is 0. The second-order valence-electron chi connectivity index (χ2n) is 11.1. The maximum atomic E-state index is 2.23. The fraction of sp³-hybridized carbons (Fsp3) is 0.727. The van der Waals surface area contributed by atoms with E-state index in [1.54, 1.807) is 0 Å². The van der Waals surface area contributed by atoms with Gasteiger partial charge < -0.3 is 19.6 Å². The van der Waals surface area contributed by atoms with Gasteiger partial charge in [0, 0.05) is 22.2 Å². The van der Waals surface area contributed by atoms with Crippen LogP contribution < -0.4 is 0 Å². The van der Waals surface area contributed by atoms with Crippen LogP contribution in [-0.2, 0) is 20.4 Å². The Kier molecular flexibility index (Phi) is 8.57. The Balaban J connectivity index is 0.000000483. The molecule has 0 saturated heterocycles. The van der Waals surface area contributed by atoms with Crippen LogP contribution >= 0.6 is 0 Å². The molecule has 2 aliphatic heterocycles. The minimum absolute atomic E-state index is 0. The maximum Gasteiger partial charge on any atom is 2.00 e. The van der Waals surface area contributed by atoms with E-state index < -0.39 is 0 Å². The zero-order valence-electron chi connectivity index (χ0n) is 19.6. The standard InChI is InChI=1S/2C11H21N2.Pd/c2*1-10(2,3)12-7-8-13(9-12)11(4,5)6;/h2*7-9H,1-6H3;/q2*-1;+2. The van der Waals surface area contributed by atoms with Crippen LogP contribution in [0, 0.1) is 13.3 Å². The number of hydrogen-bond donors (Lipinski definition) is 0. The topological polar surface area (TPSA) is 13.0 Å². The summed E-state index contributed by atoms with van der Waals surface area (Å²) in [4.78, 5) is 8.94. The van der Waals surface area contributed by atoms with E-state index in [1.807, 2.05) is 0 Å². The molecule has 0 aliphatic carbocycles. The van der Waals surface area contributed by atoms with Crippen LogP contribution in [0.5, 0.6) is 0 Å². The Morgan fingerprint density at radius 1 is 0.407 bits per heavy atom. The van der Waals surface area contributed by atoms with E-state index in [4.69, 9.17) is 0 Å². The summed E-state index contributed by atoms with van der Waals surface area (Å²) in [5.41, 5.74) is 0.708. The van der Waals surface area contributed by atoms with Gasteiger partial charge in [0.25, 0.3) is 0 Å². The van der Waals surface area contributed by atoms with Crippen LogP contribution in [0.1, 0.15) is 83.1 Å². The molecule has 0 aromatic heterocycles. The van der Waals surface area contributed by atoms with Crippen LogP contribution in [-0.4, -0.2) is 41.8 Å². The van der Waals surface area contributed by atoms with Crippen molar-refractivity contribution in [2.24, 2.45) is 0 Å². The van der Waals surface area contributed by atoms with Crippen molar-refractivity contribution < 1.29 is 20.4 Å². The minimum Gasteiger partial charge on any atom is -0.504 e. The third-order valence-electron chi connectivity index (χ3n) is 4.37. The van der Waals surface area contributed by atoms with Crippen molar-refractivity contribution >= 4 is 0 Å². The second kappa shape index (κ2) is 8.79. The van der Waals surface area contributed by atoms with E-state index in [2.05, 4.69) is 141 Å². The number of rotatable bonds is 0. The average Bonchev–Trinajstić information content (AvgIpc) is 3.06. The van der Waals surface area contributed by atoms with Gasteiger partial charge in [-0.05, 0) is 108 Å². The smallest absolute Gasteiger partial charge is 0.504 e. The van der Waals surface area contributed by atoms with Gasteiger partial charge in [0.2, 0.25) is 0 Å². The monoisotopic (exact) mass is 468 g/mol. The van der Waals surface area contributed by atoms with Gasteiger partial charge in [-0.15, -0.1) is 0 Å². The van der Waals surface area contributed by atoms with Crippen LogP contribution in [0.15, 0.2) is 24.8 Å². The molecule has 160 valence electrons. The molecule has 0 fully saturated rings. The molecule has 0 aromatic rings. The molecular weight excluding hydrogens is 427 g/mol. The van der Waals surface area contributed by atoms with E-state index in [0.717, 1.165) is 0 Å². The first-order valence-electron chi connectivity index (χ1n) is 9.63. The normalized spacial score (nSPS) is 17.9. The molecular formula is C22H42N4Pd. The van der Waals surface area contributed by atoms with E-state index in [1.165, 1.54) is 0 Å². The SMILES string of the molecule is CC(C)(C)N1C=CN(C(C)(C)C)[CH-]1.CC(C)(C)N1C=CN(C(C)(C)C)[CH-]1.[Pd+2]. The van der Waals surface area contributed by atoms with Crippen molar-refractivity contribution in [3.05, 3.63) is 38.1 Å². The summed E-state index contributed by atoms with van der Waals surface area (Å²) in [6.45, 7) is 30.8. The van der Waals surface area contributed by atoms with Gasteiger partial charge in [-0.1, -0.05) is 0 Å². The van der Waals surface area contributed by atoms with Crippen molar-refractivity contribution in [1.82, 2.24) is 19.6 Å². The van der Waals surface area contributed by atoms with E-state index >= 15 is 0 Å². The Hall–Kier alpha value is -0.658. The first-order valence-corrected chi connectivity index (χ1v) is 9.63. The van der Waals surface area contributed by atoms with E-state index in [9.17, 15) is 0 Å². The first kappa shape index (κ1) is 26.3. The molecule has 0 amide bonds. The first-order chi connectivity index (χ1) is 11.4. The van der Waals surface area contributed by atoms with Crippen LogP contribution in [0.4, 0.5) is 0 Å². The predicted molar refractivity (Wildman–Crippen MR) is 113 cm³/mol. The Bertz CT molecular complexity index is 420. The largest absolute Gasteiger partial charge is 2.00 e. The van der Waals surface area contributed by atoms with Gasteiger partial charge in [0.15, 0.2) is 0 Å². The fourth-order valence-electron chi connectivity index (χ4n) is 2.30. The van der Waals surface area contributed by atoms with Crippen LogP contribution in [0.2, 0.25) is 0 Å². The van der Waals surface area contributed by atoms with E-state index in [-0.39, 0.29) is 42.6 Å². The van der Waals surface area contributed by atoms with Crippen molar-refractivity contribution in [3.63, 3.8) is 0 Å². The summed E-state index contributed by atoms with van der Waals surface area (Å²) in [6, 6.07) is 0. The molecule has 2 heterocycles. The zero-order chi connectivity index (χ0) is 20.6. The van der Waals surface area contributed by atoms with Crippen molar-refractivity contribution in [2.75, 3.05) is 0 Å². The quantitative estimate of drug-likeness (QED) is 0.340. The van der Waals surface area contributed by atoms with Gasteiger partial charge in [0.1, 0.15) is 0 Å². The summed E-state index contributed by atoms with van der Waals surface area (Å²) in [6.07, 6.45) is 8.52. The molecule has 2 rings (SSSR count). The molecule has 2 aliphatic rings. The molecule has 0 unspecified atom stereocenters. The molecule has 0 spiro atoms. The Morgan fingerprint density at radius 3 is 0.630 bits per heavy atom. The summed E-state index contributed by atoms with van der Waals surface area (Å²) >= 11 is 0. The van der Waals surface area contributed by atoms with E-state index in [0.29, 0.717) is 0 Å². The van der Waals surface area contributed by atoms with Crippen molar-refractivity contribution in [3.8, 4) is 0 Å². The molecule has 5 heteroatoms. The van der Waals surface area contributed by atoms with Crippen molar-refractivity contribution in [1.29, 1.82) is 0 Å². The average molecular weight is 469 g/mol. The molecule has 0 atom stereocenters. The Labute approximate surface area is 183 Å². The van der Waals surface area contributed by atoms with Gasteiger partial charge in [0.05, 0.1) is 0 Å². The molecule has 27 heavy (non-hydrogen) atoms. The summed E-state index contributed by atoms with van der Waals surface area (Å²) in [7, 11) is 0. The third kappa shape index (κ3) is 8.08. The summed E-state index contributed by atoms with van der Waals surface area (Å²) < 4.78 is 0. The fourth-order valence-corrected chi connectivity index (χ4v) is 2.30. The van der Waals surface area contributed by atoms with Gasteiger partial charge in [-0.25, -0.2) is 0 Å². The maximum absolute atomic E-state index is 2.23. The van der Waals surface area contributed by atoms with Crippen LogP contribution in [0.3, 0.4) is 0 Å². The van der Waals surface area contributed by atoms with Gasteiger partial charge in [-0.3, -0.25) is 0 Å². The molecule has 4 nitrogen and oxygen atoms in total. The number of hydrogen-bond acceptors (Lipinski definition) is 4. The number of nitrogens with zero attached hydrogens (tertiary/aromatic N) is 4. The molecule has 0 radical (unpaired) electrons. The minimum atomic E-state index is 0. The van der Waals surface area contributed by atoms with Gasteiger partial charge >= 0.3 is 20.4 Å². The van der Waals surface area contributed by atoms with Gasteiger partial charge in [-0.2, -0.15) is 13.3 Å². The third-order valence-corrected chi connectivity index (χ3v) is 4.37. The molecule has 0 aromatic carbocycles. The molecule has 0 bridgehead atoms. The molecule has 0 N–H and O–H groups in total. The van der Waals surface area contributed by atoms with Crippen molar-refractivity contribution in [2.45, 2.75) is 105 Å². The van der Waals surface area contributed by atoms with Crippen LogP contribution in [0.25, 0.3) is 0 Å².